The van der Waals surface area contributed by atoms with Gasteiger partial charge in [0.05, 0.1) is 25.9 Å². The maximum absolute atomic E-state index is 12.0. The van der Waals surface area contributed by atoms with Crippen LogP contribution in [-0.2, 0) is 35.3 Å². The first-order valence-corrected chi connectivity index (χ1v) is 11.2. The molecular weight excluding hydrogens is 415 g/mol. The highest BCUT2D eigenvalue weighted by atomic mass is 32.5. The number of ether oxygens (including phenoxy) is 3. The van der Waals surface area contributed by atoms with Crippen molar-refractivity contribution in [2.75, 3.05) is 33.1 Å². The summed E-state index contributed by atoms with van der Waals surface area (Å²) in [5.41, 5.74) is -1.26. The number of methoxy groups -OCH3 is 1. The molecule has 3 N–H and O–H groups in total. The monoisotopic (exact) mass is 440 g/mol. The Bertz CT molecular complexity index is 794. The summed E-state index contributed by atoms with van der Waals surface area (Å²) >= 11 is 4.81. The number of nitrogens with zero attached hydrogens (tertiary/aromatic N) is 1. The summed E-state index contributed by atoms with van der Waals surface area (Å²) in [6.07, 6.45) is -1.31. The van der Waals surface area contributed by atoms with E-state index in [0.717, 1.165) is 10.6 Å². The number of aromatic amines is 1. The van der Waals surface area contributed by atoms with E-state index in [2.05, 4.69) is 4.98 Å². The summed E-state index contributed by atoms with van der Waals surface area (Å²) in [5.74, 6) is -1.28. The van der Waals surface area contributed by atoms with Gasteiger partial charge in [0.2, 0.25) is 0 Å². The van der Waals surface area contributed by atoms with Crippen molar-refractivity contribution in [2.24, 2.45) is 0 Å². The van der Waals surface area contributed by atoms with Crippen LogP contribution >= 0.6 is 6.49 Å². The molecule has 0 spiro atoms. The third-order valence-corrected chi connectivity index (χ3v) is 5.16. The molecule has 0 amide bonds. The first-order chi connectivity index (χ1) is 13.0. The molecule has 0 aliphatic heterocycles. The van der Waals surface area contributed by atoms with E-state index in [-0.39, 0.29) is 25.9 Å². The highest BCUT2D eigenvalue weighted by molar-refractivity contribution is 8.09. The molecule has 1 aromatic rings. The van der Waals surface area contributed by atoms with Gasteiger partial charge < -0.3 is 28.7 Å². The Morgan fingerprint density at radius 1 is 1.32 bits per heavy atom. The minimum Gasteiger partial charge on any atom is -0.481 e. The van der Waals surface area contributed by atoms with Crippen LogP contribution in [-0.4, -0.2) is 70.8 Å². The Kier molecular flexibility index (Phi) is 10.2. The average Bonchev–Trinajstić information content (AvgIpc) is 2.55. The van der Waals surface area contributed by atoms with E-state index in [1.807, 2.05) is 0 Å². The van der Waals surface area contributed by atoms with E-state index in [1.54, 1.807) is 13.8 Å². The third-order valence-electron chi connectivity index (χ3n) is 3.23. The van der Waals surface area contributed by atoms with E-state index in [0.29, 0.717) is 0 Å². The number of aromatic nitrogens is 2. The van der Waals surface area contributed by atoms with E-state index < -0.39 is 42.2 Å². The highest BCUT2D eigenvalue weighted by Gasteiger charge is 2.25. The number of hydrogen-bond donors (Lipinski definition) is 3. The third kappa shape index (κ3) is 9.20. The molecule has 11 nitrogen and oxygen atoms in total. The van der Waals surface area contributed by atoms with Gasteiger partial charge >= 0.3 is 11.7 Å². The van der Waals surface area contributed by atoms with Crippen molar-refractivity contribution in [3.05, 3.63) is 33.1 Å². The second kappa shape index (κ2) is 11.6. The Hall–Kier alpha value is -1.40. The maximum Gasteiger partial charge on any atom is 0.330 e. The van der Waals surface area contributed by atoms with Crippen molar-refractivity contribution >= 4 is 24.3 Å². The lowest BCUT2D eigenvalue weighted by Gasteiger charge is -2.27. The second-order valence-corrected chi connectivity index (χ2v) is 9.61. The van der Waals surface area contributed by atoms with Gasteiger partial charge in [-0.3, -0.25) is 19.1 Å². The first-order valence-electron chi connectivity index (χ1n) is 8.29. The van der Waals surface area contributed by atoms with Crippen LogP contribution in [0.15, 0.2) is 21.9 Å². The Morgan fingerprint density at radius 2 is 2.00 bits per heavy atom. The van der Waals surface area contributed by atoms with E-state index in [1.165, 1.54) is 13.3 Å². The number of carboxylic acid groups (broad SMARTS) is 1. The number of carboxylic acids is 1. The molecule has 28 heavy (non-hydrogen) atoms. The molecule has 160 valence electrons. The summed E-state index contributed by atoms with van der Waals surface area (Å²) < 4.78 is 22.7. The maximum atomic E-state index is 12.0. The van der Waals surface area contributed by atoms with Gasteiger partial charge in [0.25, 0.3) is 5.56 Å². The zero-order chi connectivity index (χ0) is 21.3. The number of rotatable bonds is 13. The smallest absolute Gasteiger partial charge is 0.330 e. The fourth-order valence-corrected chi connectivity index (χ4v) is 3.39. The minimum atomic E-state index is -3.55. The number of H-pyrrole nitrogens is 1. The molecule has 0 saturated heterocycles. The molecule has 13 heteroatoms. The van der Waals surface area contributed by atoms with Crippen LogP contribution in [0.3, 0.4) is 0 Å². The molecule has 0 fully saturated rings. The molecule has 0 aromatic carbocycles. The Morgan fingerprint density at radius 3 is 2.54 bits per heavy atom. The molecule has 0 saturated carbocycles. The van der Waals surface area contributed by atoms with Crippen molar-refractivity contribution in [2.45, 2.75) is 32.3 Å². The zero-order valence-electron chi connectivity index (χ0n) is 15.8. The molecule has 1 unspecified atom stereocenters. The van der Waals surface area contributed by atoms with Gasteiger partial charge in [0.1, 0.15) is 12.3 Å². The second-order valence-electron chi connectivity index (χ2n) is 6.05. The molecule has 1 heterocycles. The van der Waals surface area contributed by atoms with E-state index in [4.69, 9.17) is 35.6 Å². The lowest BCUT2D eigenvalue weighted by molar-refractivity contribution is -0.135. The lowest BCUT2D eigenvalue weighted by Crippen LogP contribution is -2.38. The predicted octanol–water partition coefficient (Wildman–Crippen LogP) is -0.105. The minimum absolute atomic E-state index is 0.0262. The van der Waals surface area contributed by atoms with Crippen LogP contribution < -0.4 is 11.2 Å². The van der Waals surface area contributed by atoms with Crippen molar-refractivity contribution in [1.82, 2.24) is 9.55 Å². The molecule has 3 atom stereocenters. The fraction of sp³-hybridized carbons (Fsp3) is 0.667. The van der Waals surface area contributed by atoms with E-state index in [9.17, 15) is 19.3 Å². The van der Waals surface area contributed by atoms with Crippen molar-refractivity contribution in [1.29, 1.82) is 0 Å². The van der Waals surface area contributed by atoms with Gasteiger partial charge in [0.15, 0.2) is 12.7 Å². The van der Waals surface area contributed by atoms with Gasteiger partial charge in [-0.05, 0) is 25.7 Å². The molecular formula is C15H25N2O9PS. The van der Waals surface area contributed by atoms with Gasteiger partial charge in [-0.1, -0.05) is 0 Å². The zero-order valence-corrected chi connectivity index (χ0v) is 17.5. The number of carbonyl (C=O) groups is 1. The van der Waals surface area contributed by atoms with Crippen LogP contribution in [0.25, 0.3) is 0 Å². The quantitative estimate of drug-likeness (QED) is 0.355. The molecule has 0 bridgehead atoms. The van der Waals surface area contributed by atoms with Crippen LogP contribution in [0, 0.1) is 0 Å². The van der Waals surface area contributed by atoms with Crippen LogP contribution in [0.2, 0.25) is 0 Å². The van der Waals surface area contributed by atoms with Crippen molar-refractivity contribution < 1.29 is 33.5 Å². The lowest BCUT2D eigenvalue weighted by atomic mass is 10.4. The molecule has 1 aromatic heterocycles. The van der Waals surface area contributed by atoms with Crippen LogP contribution in [0.4, 0.5) is 0 Å². The van der Waals surface area contributed by atoms with Crippen LogP contribution in [0.1, 0.15) is 20.1 Å². The summed E-state index contributed by atoms with van der Waals surface area (Å²) in [5, 5.41) is 8.79. The number of aliphatic carboxylic acids is 1. The first kappa shape index (κ1) is 24.6. The van der Waals surface area contributed by atoms with Gasteiger partial charge in [-0.2, -0.15) is 0 Å². The average molecular weight is 440 g/mol. The Labute approximate surface area is 166 Å². The number of hydrogen-bond acceptors (Lipinski definition) is 8. The fourth-order valence-electron chi connectivity index (χ4n) is 2.05. The van der Waals surface area contributed by atoms with Crippen molar-refractivity contribution in [3.8, 4) is 0 Å². The SMILES string of the molecule is COC[C@@H](O[C@@H](COC(C)C)COP(O)(=S)CC(=O)O)n1ccc(=O)[nH]c1=O. The normalized spacial score (nSPS) is 15.9. The number of nitrogens with one attached hydrogen (secondary N) is 1. The summed E-state index contributed by atoms with van der Waals surface area (Å²) in [4.78, 5) is 46.1. The van der Waals surface area contributed by atoms with Gasteiger partial charge in [0, 0.05) is 19.4 Å². The van der Waals surface area contributed by atoms with E-state index >= 15 is 0 Å². The largest absolute Gasteiger partial charge is 0.481 e. The summed E-state index contributed by atoms with van der Waals surface area (Å²) in [6, 6.07) is 1.16. The highest BCUT2D eigenvalue weighted by Crippen LogP contribution is 2.42. The molecule has 0 aliphatic rings. The standard InChI is InChI=1S/C15H25N2O9PS/c1-10(2)24-6-11(7-25-27(22,28)9-14(19)20)26-13(8-23-3)17-5-4-12(18)16-15(17)21/h4-5,10-11,13H,6-9H2,1-3H3,(H,19,20)(H,22,28)(H,16,18,21)/t11-,13+,27?/m0/s1. The van der Waals surface area contributed by atoms with Crippen LogP contribution in [0.5, 0.6) is 0 Å². The van der Waals surface area contributed by atoms with Gasteiger partial charge in [-0.15, -0.1) is 0 Å². The Balaban J connectivity index is 2.96. The predicted molar refractivity (Wildman–Crippen MR) is 103 cm³/mol. The topological polar surface area (TPSA) is 149 Å². The molecule has 0 aliphatic carbocycles. The summed E-state index contributed by atoms with van der Waals surface area (Å²) in [7, 11) is 1.41. The summed E-state index contributed by atoms with van der Waals surface area (Å²) in [6.45, 7) is -0.206. The van der Waals surface area contributed by atoms with Crippen molar-refractivity contribution in [3.63, 3.8) is 0 Å². The molecule has 0 radical (unpaired) electrons. The molecule has 1 rings (SSSR count). The van der Waals surface area contributed by atoms with Gasteiger partial charge in [-0.25, -0.2) is 4.79 Å².